The molecule has 0 bridgehead atoms. The van der Waals surface area contributed by atoms with Crippen molar-refractivity contribution in [3.8, 4) is 11.3 Å². The van der Waals surface area contributed by atoms with Gasteiger partial charge in [0, 0.05) is 0 Å². The number of aromatic nitrogens is 4. The second kappa shape index (κ2) is 4.77. The molecule has 0 spiro atoms. The maximum absolute atomic E-state index is 11.6. The van der Waals surface area contributed by atoms with Crippen LogP contribution in [0.2, 0.25) is 0 Å². The topological polar surface area (TPSA) is 93.9 Å². The second-order valence-corrected chi connectivity index (χ2v) is 3.27. The molecular formula is C10H12N4O3. The molecule has 7 nitrogen and oxygen atoms in total. The Bertz CT molecular complexity index is 517. The zero-order valence-electron chi connectivity index (χ0n) is 9.56. The Morgan fingerprint density at radius 3 is 3.00 bits per heavy atom. The molecule has 0 fully saturated rings. The Labute approximate surface area is 97.1 Å². The molecular weight excluding hydrogens is 224 g/mol. The first-order chi connectivity index (χ1) is 8.27. The van der Waals surface area contributed by atoms with Gasteiger partial charge in [0.2, 0.25) is 0 Å². The van der Waals surface area contributed by atoms with Crippen LogP contribution >= 0.6 is 0 Å². The zero-order chi connectivity index (χ0) is 12.3. The van der Waals surface area contributed by atoms with Gasteiger partial charge < -0.3 is 9.26 Å². The first-order valence-corrected chi connectivity index (χ1v) is 5.29. The average Bonchev–Trinajstić information content (AvgIpc) is 2.97. The van der Waals surface area contributed by atoms with Gasteiger partial charge in [-0.1, -0.05) is 12.1 Å². The van der Waals surface area contributed by atoms with Crippen LogP contribution in [0.5, 0.6) is 0 Å². The molecule has 17 heavy (non-hydrogen) atoms. The highest BCUT2D eigenvalue weighted by Gasteiger charge is 2.22. The van der Waals surface area contributed by atoms with Crippen LogP contribution in [0.15, 0.2) is 10.8 Å². The number of rotatable bonds is 4. The van der Waals surface area contributed by atoms with E-state index in [2.05, 4.69) is 20.6 Å². The number of nitrogens with zero attached hydrogens (tertiary/aromatic N) is 3. The van der Waals surface area contributed by atoms with Gasteiger partial charge in [-0.05, 0) is 13.3 Å². The van der Waals surface area contributed by atoms with E-state index >= 15 is 0 Å². The molecule has 0 aromatic carbocycles. The Hall–Kier alpha value is -2.18. The summed E-state index contributed by atoms with van der Waals surface area (Å²) in [6.45, 7) is 3.95. The van der Waals surface area contributed by atoms with Crippen LogP contribution in [0, 0.1) is 0 Å². The smallest absolute Gasteiger partial charge is 0.361 e. The van der Waals surface area contributed by atoms with E-state index in [1.807, 2.05) is 6.92 Å². The number of aryl methyl sites for hydroxylation is 1. The van der Waals surface area contributed by atoms with Crippen molar-refractivity contribution in [2.24, 2.45) is 0 Å². The largest absolute Gasteiger partial charge is 0.461 e. The third kappa shape index (κ3) is 2.03. The predicted molar refractivity (Wildman–Crippen MR) is 57.2 cm³/mol. The van der Waals surface area contributed by atoms with E-state index in [1.165, 1.54) is 6.26 Å². The van der Waals surface area contributed by atoms with Gasteiger partial charge in [0.05, 0.1) is 17.9 Å². The van der Waals surface area contributed by atoms with Gasteiger partial charge in [-0.3, -0.25) is 0 Å². The van der Waals surface area contributed by atoms with Crippen molar-refractivity contribution in [2.45, 2.75) is 20.3 Å². The number of aromatic amines is 1. The van der Waals surface area contributed by atoms with Crippen molar-refractivity contribution in [3.05, 3.63) is 17.7 Å². The maximum atomic E-state index is 11.6. The van der Waals surface area contributed by atoms with E-state index in [0.717, 1.165) is 5.69 Å². The molecule has 0 amide bonds. The summed E-state index contributed by atoms with van der Waals surface area (Å²) in [5.41, 5.74) is 1.93. The van der Waals surface area contributed by atoms with Gasteiger partial charge in [-0.2, -0.15) is 10.3 Å². The summed E-state index contributed by atoms with van der Waals surface area (Å²) in [5, 5.41) is 14.0. The molecule has 0 aliphatic heterocycles. The van der Waals surface area contributed by atoms with E-state index in [-0.39, 0.29) is 12.3 Å². The summed E-state index contributed by atoms with van der Waals surface area (Å²) in [6, 6.07) is 0. The van der Waals surface area contributed by atoms with Crippen LogP contribution in [0.4, 0.5) is 0 Å². The fourth-order valence-electron chi connectivity index (χ4n) is 1.47. The quantitative estimate of drug-likeness (QED) is 0.801. The molecule has 2 aromatic rings. The van der Waals surface area contributed by atoms with Crippen molar-refractivity contribution in [3.63, 3.8) is 0 Å². The molecule has 0 unspecified atom stereocenters. The van der Waals surface area contributed by atoms with Gasteiger partial charge in [0.25, 0.3) is 0 Å². The van der Waals surface area contributed by atoms with Crippen LogP contribution in [0.3, 0.4) is 0 Å². The minimum Gasteiger partial charge on any atom is -0.461 e. The number of ether oxygens (including phenoxy) is 1. The number of carbonyl (C=O) groups is 1. The van der Waals surface area contributed by atoms with Crippen LogP contribution in [0.1, 0.15) is 30.0 Å². The number of carbonyl (C=O) groups excluding carboxylic acids is 1. The van der Waals surface area contributed by atoms with Crippen molar-refractivity contribution >= 4 is 5.97 Å². The maximum Gasteiger partial charge on any atom is 0.361 e. The SMILES string of the molecule is CCOC(=O)c1n[nH]nc1-c1conc1CC. The van der Waals surface area contributed by atoms with Gasteiger partial charge in [-0.25, -0.2) is 4.79 Å². The van der Waals surface area contributed by atoms with Crippen LogP contribution < -0.4 is 0 Å². The Morgan fingerprint density at radius 1 is 1.47 bits per heavy atom. The van der Waals surface area contributed by atoms with E-state index in [0.29, 0.717) is 17.7 Å². The number of nitrogens with one attached hydrogen (secondary N) is 1. The van der Waals surface area contributed by atoms with Crippen molar-refractivity contribution in [2.75, 3.05) is 6.61 Å². The van der Waals surface area contributed by atoms with Crippen molar-refractivity contribution in [1.82, 2.24) is 20.6 Å². The molecule has 0 aliphatic carbocycles. The molecule has 1 N–H and O–H groups in total. The Morgan fingerprint density at radius 2 is 2.29 bits per heavy atom. The molecule has 2 rings (SSSR count). The number of hydrogen-bond acceptors (Lipinski definition) is 6. The first kappa shape index (κ1) is 11.3. The Balaban J connectivity index is 2.40. The summed E-state index contributed by atoms with van der Waals surface area (Å²) < 4.78 is 9.76. The highest BCUT2D eigenvalue weighted by Crippen LogP contribution is 2.23. The Kier molecular flexibility index (Phi) is 3.17. The van der Waals surface area contributed by atoms with E-state index in [4.69, 9.17) is 9.26 Å². The zero-order valence-corrected chi connectivity index (χ0v) is 9.56. The number of H-pyrrole nitrogens is 1. The number of hydrogen-bond donors (Lipinski definition) is 1. The third-order valence-electron chi connectivity index (χ3n) is 2.25. The molecule has 0 saturated heterocycles. The number of esters is 1. The molecule has 90 valence electrons. The summed E-state index contributed by atoms with van der Waals surface area (Å²) in [6.07, 6.45) is 2.13. The summed E-state index contributed by atoms with van der Waals surface area (Å²) >= 11 is 0. The monoisotopic (exact) mass is 236 g/mol. The highest BCUT2D eigenvalue weighted by atomic mass is 16.5. The van der Waals surface area contributed by atoms with E-state index in [1.54, 1.807) is 6.92 Å². The summed E-state index contributed by atoms with van der Waals surface area (Å²) in [7, 11) is 0. The lowest BCUT2D eigenvalue weighted by Crippen LogP contribution is -2.07. The molecule has 2 aromatic heterocycles. The molecule has 0 saturated carbocycles. The molecule has 7 heteroatoms. The lowest BCUT2D eigenvalue weighted by Gasteiger charge is -1.99. The fourth-order valence-corrected chi connectivity index (χ4v) is 1.47. The molecule has 0 atom stereocenters. The first-order valence-electron chi connectivity index (χ1n) is 5.29. The van der Waals surface area contributed by atoms with Crippen molar-refractivity contribution in [1.29, 1.82) is 0 Å². The standard InChI is InChI=1S/C10H12N4O3/c1-3-7-6(5-17-13-7)8-9(12-14-11-8)10(15)16-4-2/h5H,3-4H2,1-2H3,(H,11,12,14). The summed E-state index contributed by atoms with van der Waals surface area (Å²) in [5.74, 6) is -0.514. The van der Waals surface area contributed by atoms with Gasteiger partial charge in [0.1, 0.15) is 12.0 Å². The molecule has 2 heterocycles. The minimum absolute atomic E-state index is 0.143. The van der Waals surface area contributed by atoms with E-state index in [9.17, 15) is 4.79 Å². The van der Waals surface area contributed by atoms with Crippen LogP contribution in [-0.4, -0.2) is 33.1 Å². The lowest BCUT2D eigenvalue weighted by atomic mass is 10.1. The van der Waals surface area contributed by atoms with E-state index < -0.39 is 5.97 Å². The van der Waals surface area contributed by atoms with Crippen LogP contribution in [-0.2, 0) is 11.2 Å². The third-order valence-corrected chi connectivity index (χ3v) is 2.25. The average molecular weight is 236 g/mol. The minimum atomic E-state index is -0.514. The second-order valence-electron chi connectivity index (χ2n) is 3.27. The summed E-state index contributed by atoms with van der Waals surface area (Å²) in [4.78, 5) is 11.6. The van der Waals surface area contributed by atoms with Gasteiger partial charge in [0.15, 0.2) is 5.69 Å². The fraction of sp³-hybridized carbons (Fsp3) is 0.400. The molecule has 0 radical (unpaired) electrons. The molecule has 0 aliphatic rings. The predicted octanol–water partition coefficient (Wildman–Crippen LogP) is 1.20. The van der Waals surface area contributed by atoms with Gasteiger partial charge >= 0.3 is 5.97 Å². The lowest BCUT2D eigenvalue weighted by molar-refractivity contribution is 0.0520. The van der Waals surface area contributed by atoms with Gasteiger partial charge in [-0.15, -0.1) is 5.10 Å². The normalized spacial score (nSPS) is 10.5. The highest BCUT2D eigenvalue weighted by molar-refractivity contribution is 5.94. The van der Waals surface area contributed by atoms with Crippen molar-refractivity contribution < 1.29 is 14.1 Å². The van der Waals surface area contributed by atoms with Crippen LogP contribution in [0.25, 0.3) is 11.3 Å².